The van der Waals surface area contributed by atoms with Crippen LogP contribution in [0.4, 0.5) is 4.39 Å². The molecule has 0 aliphatic heterocycles. The van der Waals surface area contributed by atoms with E-state index in [1.54, 1.807) is 12.1 Å². The first-order chi connectivity index (χ1) is 9.56. The number of carbonyl (C=O) groups excluding carboxylic acids is 1. The highest BCUT2D eigenvalue weighted by Gasteiger charge is 2.21. The fourth-order valence-electron chi connectivity index (χ4n) is 1.99. The van der Waals surface area contributed by atoms with Gasteiger partial charge in [0.1, 0.15) is 0 Å². The zero-order valence-corrected chi connectivity index (χ0v) is 11.7. The summed E-state index contributed by atoms with van der Waals surface area (Å²) in [7, 11) is 0. The summed E-state index contributed by atoms with van der Waals surface area (Å²) in [5.74, 6) is 0.0671. The van der Waals surface area contributed by atoms with E-state index in [9.17, 15) is 9.18 Å². The van der Waals surface area contributed by atoms with Crippen LogP contribution in [0.2, 0.25) is 0 Å². The Bertz CT molecular complexity index is 473. The van der Waals surface area contributed by atoms with Crippen LogP contribution in [0.5, 0.6) is 5.75 Å². The average molecular weight is 280 g/mol. The summed E-state index contributed by atoms with van der Waals surface area (Å²) in [4.78, 5) is 11.6. The van der Waals surface area contributed by atoms with E-state index in [1.165, 1.54) is 18.9 Å². The molecule has 110 valence electrons. The topological polar surface area (TPSA) is 64.3 Å². The number of hydrogen-bond acceptors (Lipinski definition) is 3. The highest BCUT2D eigenvalue weighted by atomic mass is 19.1. The van der Waals surface area contributed by atoms with Crippen molar-refractivity contribution in [2.45, 2.75) is 32.2 Å². The molecular formula is C15H21FN2O2. The Morgan fingerprint density at radius 2 is 2.30 bits per heavy atom. The van der Waals surface area contributed by atoms with Crippen molar-refractivity contribution in [1.82, 2.24) is 5.32 Å². The zero-order chi connectivity index (χ0) is 14.5. The molecule has 0 bridgehead atoms. The lowest BCUT2D eigenvalue weighted by atomic mass is 10.1. The van der Waals surface area contributed by atoms with Crippen LogP contribution >= 0.6 is 0 Å². The predicted octanol–water partition coefficient (Wildman–Crippen LogP) is 1.62. The summed E-state index contributed by atoms with van der Waals surface area (Å²) in [5.41, 5.74) is 6.42. The normalized spacial score (nSPS) is 15.8. The fraction of sp³-hybridized carbons (Fsp3) is 0.533. The van der Waals surface area contributed by atoms with E-state index in [1.807, 2.05) is 6.92 Å². The number of halogens is 1. The van der Waals surface area contributed by atoms with E-state index < -0.39 is 5.82 Å². The van der Waals surface area contributed by atoms with Crippen LogP contribution in [0.1, 0.15) is 25.3 Å². The third-order valence-corrected chi connectivity index (χ3v) is 3.22. The molecule has 1 aliphatic carbocycles. The molecule has 0 heterocycles. The molecule has 1 aromatic carbocycles. The molecule has 1 amide bonds. The van der Waals surface area contributed by atoms with Crippen molar-refractivity contribution in [3.63, 3.8) is 0 Å². The second-order valence-corrected chi connectivity index (χ2v) is 5.45. The van der Waals surface area contributed by atoms with Gasteiger partial charge in [0.25, 0.3) is 5.91 Å². The van der Waals surface area contributed by atoms with Gasteiger partial charge in [0.15, 0.2) is 18.2 Å². The Balaban J connectivity index is 1.91. The van der Waals surface area contributed by atoms with Crippen molar-refractivity contribution in [3.05, 3.63) is 29.6 Å². The number of nitrogens with one attached hydrogen (secondary N) is 1. The van der Waals surface area contributed by atoms with Crippen molar-refractivity contribution >= 4 is 5.91 Å². The van der Waals surface area contributed by atoms with E-state index in [-0.39, 0.29) is 24.3 Å². The average Bonchev–Trinajstić information content (AvgIpc) is 3.19. The summed E-state index contributed by atoms with van der Waals surface area (Å²) < 4.78 is 19.1. The minimum Gasteiger partial charge on any atom is -0.480 e. The lowest BCUT2D eigenvalue weighted by Gasteiger charge is -2.13. The third kappa shape index (κ3) is 4.49. The van der Waals surface area contributed by atoms with Gasteiger partial charge in [0.2, 0.25) is 0 Å². The predicted molar refractivity (Wildman–Crippen MR) is 75.0 cm³/mol. The molecule has 1 atom stereocenters. The highest BCUT2D eigenvalue weighted by Crippen LogP contribution is 2.27. The lowest BCUT2D eigenvalue weighted by molar-refractivity contribution is -0.123. The number of hydrogen-bond donors (Lipinski definition) is 2. The van der Waals surface area contributed by atoms with E-state index in [2.05, 4.69) is 5.32 Å². The summed E-state index contributed by atoms with van der Waals surface area (Å²) in [6.45, 7) is 2.36. The third-order valence-electron chi connectivity index (χ3n) is 3.22. The van der Waals surface area contributed by atoms with Crippen LogP contribution in [-0.4, -0.2) is 25.1 Å². The molecule has 1 aromatic rings. The molecule has 0 aromatic heterocycles. The zero-order valence-electron chi connectivity index (χ0n) is 11.7. The Labute approximate surface area is 118 Å². The number of carbonyl (C=O) groups is 1. The number of para-hydroxylation sites is 1. The van der Waals surface area contributed by atoms with Crippen molar-refractivity contribution < 1.29 is 13.9 Å². The number of benzene rings is 1. The molecule has 1 aliphatic rings. The molecule has 0 radical (unpaired) electrons. The molecule has 3 N–H and O–H groups in total. The maximum Gasteiger partial charge on any atom is 0.257 e. The molecule has 1 unspecified atom stereocenters. The summed E-state index contributed by atoms with van der Waals surface area (Å²) in [6.07, 6.45) is 2.86. The van der Waals surface area contributed by atoms with Crippen molar-refractivity contribution in [2.24, 2.45) is 11.7 Å². The molecular weight excluding hydrogens is 259 g/mol. The molecule has 5 heteroatoms. The van der Waals surface area contributed by atoms with E-state index in [0.29, 0.717) is 24.4 Å². The molecule has 4 nitrogen and oxygen atoms in total. The van der Waals surface area contributed by atoms with Gasteiger partial charge in [-0.3, -0.25) is 4.79 Å². The summed E-state index contributed by atoms with van der Waals surface area (Å²) in [6, 6.07) is 4.61. The molecule has 20 heavy (non-hydrogen) atoms. The highest BCUT2D eigenvalue weighted by molar-refractivity contribution is 5.77. The molecule has 1 fully saturated rings. The molecule has 0 spiro atoms. The van der Waals surface area contributed by atoms with Crippen molar-refractivity contribution in [1.29, 1.82) is 0 Å². The van der Waals surface area contributed by atoms with Gasteiger partial charge in [0, 0.05) is 12.6 Å². The van der Waals surface area contributed by atoms with E-state index >= 15 is 0 Å². The van der Waals surface area contributed by atoms with Crippen LogP contribution in [0.25, 0.3) is 0 Å². The van der Waals surface area contributed by atoms with Crippen LogP contribution in [0.15, 0.2) is 18.2 Å². The maximum atomic E-state index is 13.8. The first-order valence-corrected chi connectivity index (χ1v) is 6.98. The van der Waals surface area contributed by atoms with Gasteiger partial charge in [-0.15, -0.1) is 0 Å². The maximum absolute atomic E-state index is 13.8. The monoisotopic (exact) mass is 280 g/mol. The molecule has 1 saturated carbocycles. The van der Waals surface area contributed by atoms with Gasteiger partial charge in [0.05, 0.1) is 0 Å². The van der Waals surface area contributed by atoms with Gasteiger partial charge in [-0.05, 0) is 43.7 Å². The van der Waals surface area contributed by atoms with Gasteiger partial charge >= 0.3 is 0 Å². The number of rotatable bonds is 7. The van der Waals surface area contributed by atoms with Crippen molar-refractivity contribution in [3.8, 4) is 5.75 Å². The summed E-state index contributed by atoms with van der Waals surface area (Å²) in [5, 5.41) is 2.78. The molecule has 0 saturated heterocycles. The summed E-state index contributed by atoms with van der Waals surface area (Å²) >= 11 is 0. The van der Waals surface area contributed by atoms with Gasteiger partial charge < -0.3 is 15.8 Å². The Kier molecular flexibility index (Phi) is 4.95. The number of amides is 1. The Morgan fingerprint density at radius 3 is 2.95 bits per heavy atom. The van der Waals surface area contributed by atoms with Crippen molar-refractivity contribution in [2.75, 3.05) is 13.2 Å². The van der Waals surface area contributed by atoms with Crippen LogP contribution < -0.4 is 15.8 Å². The Morgan fingerprint density at radius 1 is 1.55 bits per heavy atom. The van der Waals surface area contributed by atoms with Gasteiger partial charge in [-0.2, -0.15) is 0 Å². The second kappa shape index (κ2) is 6.70. The number of nitrogens with two attached hydrogens (primary N) is 1. The second-order valence-electron chi connectivity index (χ2n) is 5.45. The lowest BCUT2D eigenvalue weighted by Crippen LogP contribution is -2.31. The molecule has 2 rings (SSSR count). The van der Waals surface area contributed by atoms with E-state index in [4.69, 9.17) is 10.5 Å². The smallest absolute Gasteiger partial charge is 0.257 e. The van der Waals surface area contributed by atoms with Gasteiger partial charge in [-0.25, -0.2) is 4.39 Å². The minimum atomic E-state index is -0.460. The quantitative estimate of drug-likeness (QED) is 0.797. The minimum absolute atomic E-state index is 0.0946. The standard InChI is InChI=1S/C15H21FN2O2/c1-10(17)7-12-3-2-4-13(16)15(12)20-9-14(19)18-8-11-5-6-11/h2-4,10-11H,5-9,17H2,1H3,(H,18,19). The van der Waals surface area contributed by atoms with Crippen LogP contribution in [0.3, 0.4) is 0 Å². The Hall–Kier alpha value is -1.62. The van der Waals surface area contributed by atoms with Gasteiger partial charge in [-0.1, -0.05) is 12.1 Å². The van der Waals surface area contributed by atoms with Crippen LogP contribution in [-0.2, 0) is 11.2 Å². The number of ether oxygens (including phenoxy) is 1. The van der Waals surface area contributed by atoms with E-state index in [0.717, 1.165) is 0 Å². The van der Waals surface area contributed by atoms with Crippen LogP contribution in [0, 0.1) is 11.7 Å². The first kappa shape index (κ1) is 14.8. The first-order valence-electron chi connectivity index (χ1n) is 6.98. The largest absolute Gasteiger partial charge is 0.480 e. The fourth-order valence-corrected chi connectivity index (χ4v) is 1.99. The SMILES string of the molecule is CC(N)Cc1cccc(F)c1OCC(=O)NCC1CC1.